The van der Waals surface area contributed by atoms with Crippen molar-refractivity contribution in [1.29, 1.82) is 0 Å². The largest absolute Gasteiger partial charge is 0.480 e. The van der Waals surface area contributed by atoms with E-state index in [2.05, 4.69) is 6.58 Å². The fourth-order valence-corrected chi connectivity index (χ4v) is 1.51. The molecule has 0 saturated heterocycles. The van der Waals surface area contributed by atoms with Crippen LogP contribution < -0.4 is 0 Å². The Hall–Kier alpha value is -2.24. The summed E-state index contributed by atoms with van der Waals surface area (Å²) < 4.78 is 26.1. The molecular formula is C13H13F2NO3. The number of nitrogens with zero attached hydrogens (tertiary/aromatic N) is 1. The highest BCUT2D eigenvalue weighted by atomic mass is 19.1. The lowest BCUT2D eigenvalue weighted by molar-refractivity contribution is -0.143. The van der Waals surface area contributed by atoms with E-state index in [4.69, 9.17) is 5.11 Å². The SMILES string of the molecule is C=CCN(CC(=O)O)C(=O)Cc1ccc(F)cc1F. The summed E-state index contributed by atoms with van der Waals surface area (Å²) in [6, 6.07) is 2.88. The summed E-state index contributed by atoms with van der Waals surface area (Å²) in [7, 11) is 0. The molecule has 1 amide bonds. The van der Waals surface area contributed by atoms with Crippen molar-refractivity contribution < 1.29 is 23.5 Å². The Kier molecular flexibility index (Phi) is 5.17. The van der Waals surface area contributed by atoms with E-state index in [0.717, 1.165) is 17.0 Å². The Morgan fingerprint density at radius 2 is 2.05 bits per heavy atom. The Morgan fingerprint density at radius 3 is 2.58 bits per heavy atom. The molecule has 19 heavy (non-hydrogen) atoms. The highest BCUT2D eigenvalue weighted by molar-refractivity contribution is 5.83. The molecule has 0 bridgehead atoms. The summed E-state index contributed by atoms with van der Waals surface area (Å²) in [6.07, 6.45) is 1.05. The quantitative estimate of drug-likeness (QED) is 0.798. The normalized spacial score (nSPS) is 10.0. The van der Waals surface area contributed by atoms with Crippen LogP contribution in [0.3, 0.4) is 0 Å². The average molecular weight is 269 g/mol. The summed E-state index contributed by atoms with van der Waals surface area (Å²) >= 11 is 0. The van der Waals surface area contributed by atoms with E-state index < -0.39 is 30.1 Å². The second kappa shape index (κ2) is 6.63. The zero-order valence-electron chi connectivity index (χ0n) is 10.1. The van der Waals surface area contributed by atoms with Gasteiger partial charge in [-0.05, 0) is 11.6 Å². The lowest BCUT2D eigenvalue weighted by Crippen LogP contribution is -2.36. The number of carbonyl (C=O) groups excluding carboxylic acids is 1. The fourth-order valence-electron chi connectivity index (χ4n) is 1.51. The van der Waals surface area contributed by atoms with Crippen LogP contribution >= 0.6 is 0 Å². The highest BCUT2D eigenvalue weighted by Gasteiger charge is 2.17. The van der Waals surface area contributed by atoms with Gasteiger partial charge in [-0.15, -0.1) is 6.58 Å². The van der Waals surface area contributed by atoms with Gasteiger partial charge in [0.05, 0.1) is 6.42 Å². The van der Waals surface area contributed by atoms with Crippen molar-refractivity contribution in [2.75, 3.05) is 13.1 Å². The fraction of sp³-hybridized carbons (Fsp3) is 0.231. The van der Waals surface area contributed by atoms with Crippen molar-refractivity contribution in [3.8, 4) is 0 Å². The molecule has 4 nitrogen and oxygen atoms in total. The van der Waals surface area contributed by atoms with E-state index in [1.807, 2.05) is 0 Å². The van der Waals surface area contributed by atoms with Crippen LogP contribution in [0.5, 0.6) is 0 Å². The predicted molar refractivity (Wildman–Crippen MR) is 64.5 cm³/mol. The number of halogens is 2. The van der Waals surface area contributed by atoms with E-state index in [1.54, 1.807) is 0 Å². The van der Waals surface area contributed by atoms with Gasteiger partial charge in [0.25, 0.3) is 0 Å². The van der Waals surface area contributed by atoms with Gasteiger partial charge in [-0.3, -0.25) is 9.59 Å². The van der Waals surface area contributed by atoms with Crippen LogP contribution in [0.2, 0.25) is 0 Å². The van der Waals surface area contributed by atoms with Gasteiger partial charge in [0, 0.05) is 12.6 Å². The molecule has 1 aromatic carbocycles. The zero-order valence-corrected chi connectivity index (χ0v) is 10.1. The Morgan fingerprint density at radius 1 is 1.37 bits per heavy atom. The number of carboxylic acid groups (broad SMARTS) is 1. The predicted octanol–water partition coefficient (Wildman–Crippen LogP) is 1.61. The van der Waals surface area contributed by atoms with Crippen molar-refractivity contribution in [3.05, 3.63) is 48.1 Å². The number of amides is 1. The molecular weight excluding hydrogens is 256 g/mol. The third-order valence-corrected chi connectivity index (χ3v) is 2.39. The number of carbonyl (C=O) groups is 2. The van der Waals surface area contributed by atoms with Crippen LogP contribution in [0, 0.1) is 11.6 Å². The monoisotopic (exact) mass is 269 g/mol. The molecule has 0 saturated carbocycles. The topological polar surface area (TPSA) is 57.6 Å². The minimum Gasteiger partial charge on any atom is -0.480 e. The van der Waals surface area contributed by atoms with Gasteiger partial charge in [0.2, 0.25) is 5.91 Å². The first-order valence-corrected chi connectivity index (χ1v) is 5.48. The summed E-state index contributed by atoms with van der Waals surface area (Å²) in [5, 5.41) is 8.66. The van der Waals surface area contributed by atoms with Crippen LogP contribution in [0.1, 0.15) is 5.56 Å². The number of benzene rings is 1. The number of hydrogen-bond acceptors (Lipinski definition) is 2. The number of rotatable bonds is 6. The van der Waals surface area contributed by atoms with Crippen molar-refractivity contribution in [2.45, 2.75) is 6.42 Å². The van der Waals surface area contributed by atoms with Crippen LogP contribution in [0.4, 0.5) is 8.78 Å². The van der Waals surface area contributed by atoms with E-state index in [9.17, 15) is 18.4 Å². The maximum atomic E-state index is 13.4. The van der Waals surface area contributed by atoms with E-state index in [-0.39, 0.29) is 18.5 Å². The minimum absolute atomic E-state index is 0.0193. The molecule has 102 valence electrons. The first-order chi connectivity index (χ1) is 8.93. The number of carboxylic acids is 1. The first kappa shape index (κ1) is 14.8. The van der Waals surface area contributed by atoms with E-state index in [1.165, 1.54) is 6.08 Å². The van der Waals surface area contributed by atoms with Gasteiger partial charge in [-0.1, -0.05) is 12.1 Å². The second-order valence-corrected chi connectivity index (χ2v) is 3.87. The summed E-state index contributed by atoms with van der Waals surface area (Å²) in [5.74, 6) is -3.30. The van der Waals surface area contributed by atoms with Gasteiger partial charge in [-0.2, -0.15) is 0 Å². The lowest BCUT2D eigenvalue weighted by Gasteiger charge is -2.18. The standard InChI is InChI=1S/C13H13F2NO3/c1-2-5-16(8-13(18)19)12(17)6-9-3-4-10(14)7-11(9)15/h2-4,7H,1,5-6,8H2,(H,18,19). The van der Waals surface area contributed by atoms with Crippen molar-refractivity contribution in [3.63, 3.8) is 0 Å². The number of aliphatic carboxylic acids is 1. The third-order valence-electron chi connectivity index (χ3n) is 2.39. The van der Waals surface area contributed by atoms with Crippen LogP contribution in [0.25, 0.3) is 0 Å². The lowest BCUT2D eigenvalue weighted by atomic mass is 10.1. The molecule has 0 aliphatic heterocycles. The number of hydrogen-bond donors (Lipinski definition) is 1. The first-order valence-electron chi connectivity index (χ1n) is 5.48. The molecule has 0 unspecified atom stereocenters. The van der Waals surface area contributed by atoms with Gasteiger partial charge in [0.1, 0.15) is 18.2 Å². The Balaban J connectivity index is 2.80. The van der Waals surface area contributed by atoms with Crippen LogP contribution in [-0.2, 0) is 16.0 Å². The van der Waals surface area contributed by atoms with Crippen LogP contribution in [-0.4, -0.2) is 35.0 Å². The zero-order chi connectivity index (χ0) is 14.4. The maximum absolute atomic E-state index is 13.4. The Labute approximate surface area is 109 Å². The molecule has 0 aliphatic rings. The van der Waals surface area contributed by atoms with Crippen LogP contribution in [0.15, 0.2) is 30.9 Å². The average Bonchev–Trinajstić information content (AvgIpc) is 2.31. The van der Waals surface area contributed by atoms with Crippen molar-refractivity contribution in [2.24, 2.45) is 0 Å². The van der Waals surface area contributed by atoms with E-state index >= 15 is 0 Å². The van der Waals surface area contributed by atoms with E-state index in [0.29, 0.717) is 6.07 Å². The molecule has 0 radical (unpaired) electrons. The molecule has 1 N–H and O–H groups in total. The third kappa shape index (κ3) is 4.50. The molecule has 0 aliphatic carbocycles. The molecule has 1 aromatic rings. The van der Waals surface area contributed by atoms with Gasteiger partial charge < -0.3 is 10.0 Å². The molecule has 0 heterocycles. The minimum atomic E-state index is -1.17. The molecule has 0 fully saturated rings. The molecule has 6 heteroatoms. The molecule has 1 rings (SSSR count). The smallest absolute Gasteiger partial charge is 0.323 e. The summed E-state index contributed by atoms with van der Waals surface area (Å²) in [6.45, 7) is 2.97. The Bertz CT molecular complexity index is 503. The second-order valence-electron chi connectivity index (χ2n) is 3.87. The van der Waals surface area contributed by atoms with Gasteiger partial charge >= 0.3 is 5.97 Å². The molecule has 0 aromatic heterocycles. The van der Waals surface area contributed by atoms with Crippen molar-refractivity contribution >= 4 is 11.9 Å². The highest BCUT2D eigenvalue weighted by Crippen LogP contribution is 2.11. The van der Waals surface area contributed by atoms with Gasteiger partial charge in [0.15, 0.2) is 0 Å². The van der Waals surface area contributed by atoms with Crippen molar-refractivity contribution in [1.82, 2.24) is 4.90 Å². The summed E-state index contributed by atoms with van der Waals surface area (Å²) in [4.78, 5) is 23.5. The maximum Gasteiger partial charge on any atom is 0.323 e. The molecule has 0 atom stereocenters. The van der Waals surface area contributed by atoms with Gasteiger partial charge in [-0.25, -0.2) is 8.78 Å². The summed E-state index contributed by atoms with van der Waals surface area (Å²) in [5.41, 5.74) is 0.0193. The molecule has 0 spiro atoms.